The highest BCUT2D eigenvalue weighted by molar-refractivity contribution is 7.07. The summed E-state index contributed by atoms with van der Waals surface area (Å²) in [5.74, 6) is 0. The summed E-state index contributed by atoms with van der Waals surface area (Å²) in [6.45, 7) is 0.242. The van der Waals surface area contributed by atoms with Crippen molar-refractivity contribution in [1.82, 2.24) is 10.5 Å². The first-order valence-corrected chi connectivity index (χ1v) is 3.77. The molecule has 0 aliphatic heterocycles. The third-order valence-electron chi connectivity index (χ3n) is 0.876. The van der Waals surface area contributed by atoms with Gasteiger partial charge in [0.15, 0.2) is 0 Å². The average Bonchev–Trinajstić information content (AvgIpc) is 2.39. The fourth-order valence-corrected chi connectivity index (χ4v) is 1.03. The number of nitrogens with two attached hydrogens (primary N) is 1. The first kappa shape index (κ1) is 7.96. The van der Waals surface area contributed by atoms with Crippen LogP contribution in [0.5, 0.6) is 0 Å². The maximum Gasteiger partial charge on any atom is 0.336 e. The number of carbonyl (C=O) groups is 1. The Morgan fingerprint density at radius 3 is 3.27 bits per heavy atom. The molecule has 5 nitrogen and oxygen atoms in total. The number of hydrogen-bond acceptors (Lipinski definition) is 4. The fourth-order valence-electron chi connectivity index (χ4n) is 0.490. The Morgan fingerprint density at radius 1 is 1.91 bits per heavy atom. The lowest BCUT2D eigenvalue weighted by Gasteiger charge is -1.98. The molecule has 0 fully saturated rings. The van der Waals surface area contributed by atoms with E-state index in [1.165, 1.54) is 11.3 Å². The maximum absolute atomic E-state index is 10.1. The van der Waals surface area contributed by atoms with E-state index in [1.54, 1.807) is 5.51 Å². The third kappa shape index (κ3) is 2.96. The summed E-state index contributed by atoms with van der Waals surface area (Å²) >= 11 is 1.46. The van der Waals surface area contributed by atoms with Gasteiger partial charge < -0.3 is 5.73 Å². The molecular weight excluding hydrogens is 166 g/mol. The molecule has 1 heterocycles. The van der Waals surface area contributed by atoms with E-state index in [9.17, 15) is 4.79 Å². The number of nitrogens with one attached hydrogen (secondary N) is 1. The molecule has 3 N–H and O–H groups in total. The van der Waals surface area contributed by atoms with Crippen LogP contribution in [0.2, 0.25) is 0 Å². The van der Waals surface area contributed by atoms with Crippen LogP contribution in [0.15, 0.2) is 10.9 Å². The maximum atomic E-state index is 10.1. The highest BCUT2D eigenvalue weighted by Crippen LogP contribution is 2.00. The molecule has 0 radical (unpaired) electrons. The number of rotatable bonds is 3. The van der Waals surface area contributed by atoms with Crippen molar-refractivity contribution in [2.75, 3.05) is 0 Å². The number of amides is 2. The van der Waals surface area contributed by atoms with Gasteiger partial charge in [0, 0.05) is 5.38 Å². The van der Waals surface area contributed by atoms with Gasteiger partial charge in [0.05, 0.1) is 11.2 Å². The highest BCUT2D eigenvalue weighted by Gasteiger charge is 1.95. The van der Waals surface area contributed by atoms with Crippen LogP contribution < -0.4 is 11.2 Å². The lowest BCUT2D eigenvalue weighted by molar-refractivity contribution is 0.0505. The molecule has 0 spiro atoms. The highest BCUT2D eigenvalue weighted by atomic mass is 32.1. The summed E-state index contributed by atoms with van der Waals surface area (Å²) < 4.78 is 0. The number of primary amides is 1. The first-order chi connectivity index (χ1) is 5.29. The van der Waals surface area contributed by atoms with E-state index in [2.05, 4.69) is 9.82 Å². The second-order valence-electron chi connectivity index (χ2n) is 1.73. The Hall–Kier alpha value is -1.14. The number of hydrogen-bond donors (Lipinski definition) is 2. The van der Waals surface area contributed by atoms with Crippen LogP contribution in [0.3, 0.4) is 0 Å². The minimum Gasteiger partial charge on any atom is -0.350 e. The molecule has 0 atom stereocenters. The van der Waals surface area contributed by atoms with Crippen molar-refractivity contribution >= 4 is 17.4 Å². The SMILES string of the molecule is NC(=O)NOCc1cscn1. The Labute approximate surface area is 67.1 Å². The second kappa shape index (κ2) is 3.89. The van der Waals surface area contributed by atoms with Gasteiger partial charge in [0.1, 0.15) is 6.61 Å². The lowest BCUT2D eigenvalue weighted by atomic mass is 10.5. The number of nitrogens with zero attached hydrogens (tertiary/aromatic N) is 1. The molecule has 0 aliphatic rings. The van der Waals surface area contributed by atoms with Crippen LogP contribution in [0.1, 0.15) is 5.69 Å². The summed E-state index contributed by atoms with van der Waals surface area (Å²) in [5.41, 5.74) is 9.18. The Kier molecular flexibility index (Phi) is 2.82. The molecule has 6 heteroatoms. The van der Waals surface area contributed by atoms with Gasteiger partial charge in [0.2, 0.25) is 0 Å². The van der Waals surface area contributed by atoms with Crippen molar-refractivity contribution in [1.29, 1.82) is 0 Å². The fraction of sp³-hybridized carbons (Fsp3) is 0.200. The molecule has 0 unspecified atom stereocenters. The van der Waals surface area contributed by atoms with Gasteiger partial charge in [-0.3, -0.25) is 4.84 Å². The average molecular weight is 173 g/mol. The van der Waals surface area contributed by atoms with Crippen LogP contribution in [0, 0.1) is 0 Å². The zero-order chi connectivity index (χ0) is 8.10. The number of aromatic nitrogens is 1. The Morgan fingerprint density at radius 2 is 2.73 bits per heavy atom. The largest absolute Gasteiger partial charge is 0.350 e. The van der Waals surface area contributed by atoms with Crippen molar-refractivity contribution in [2.24, 2.45) is 5.73 Å². The molecule has 0 saturated heterocycles. The molecular formula is C5H7N3O2S. The number of carbonyl (C=O) groups excluding carboxylic acids is 1. The zero-order valence-corrected chi connectivity index (χ0v) is 6.43. The third-order valence-corrected chi connectivity index (χ3v) is 1.51. The van der Waals surface area contributed by atoms with Gasteiger partial charge in [-0.05, 0) is 0 Å². The van der Waals surface area contributed by atoms with E-state index in [4.69, 9.17) is 5.73 Å². The van der Waals surface area contributed by atoms with E-state index < -0.39 is 6.03 Å². The molecule has 60 valence electrons. The molecule has 1 rings (SSSR count). The Balaban J connectivity index is 2.19. The van der Waals surface area contributed by atoms with Crippen LogP contribution in [0.25, 0.3) is 0 Å². The summed E-state index contributed by atoms with van der Waals surface area (Å²) in [6.07, 6.45) is 0. The number of thiazole rings is 1. The zero-order valence-electron chi connectivity index (χ0n) is 5.61. The second-order valence-corrected chi connectivity index (χ2v) is 2.45. The molecule has 1 aromatic heterocycles. The standard InChI is InChI=1S/C5H7N3O2S/c6-5(9)8-10-1-4-2-11-3-7-4/h2-3H,1H2,(H3,6,8,9). The monoisotopic (exact) mass is 173 g/mol. The molecule has 0 saturated carbocycles. The minimum absolute atomic E-state index is 0.242. The topological polar surface area (TPSA) is 77.2 Å². The van der Waals surface area contributed by atoms with Crippen molar-refractivity contribution in [3.8, 4) is 0 Å². The van der Waals surface area contributed by atoms with Crippen LogP contribution in [-0.4, -0.2) is 11.0 Å². The minimum atomic E-state index is -0.708. The lowest BCUT2D eigenvalue weighted by Crippen LogP contribution is -2.29. The van der Waals surface area contributed by atoms with E-state index >= 15 is 0 Å². The summed E-state index contributed by atoms with van der Waals surface area (Å²) in [4.78, 5) is 18.7. The smallest absolute Gasteiger partial charge is 0.336 e. The predicted octanol–water partition coefficient (Wildman–Crippen LogP) is 0.243. The number of urea groups is 1. The van der Waals surface area contributed by atoms with Crippen molar-refractivity contribution in [2.45, 2.75) is 6.61 Å². The molecule has 0 aromatic carbocycles. The summed E-state index contributed by atoms with van der Waals surface area (Å²) in [5, 5.41) is 1.82. The Bertz CT molecular complexity index is 224. The van der Waals surface area contributed by atoms with Gasteiger partial charge in [-0.15, -0.1) is 11.3 Å². The molecule has 2 amide bonds. The van der Waals surface area contributed by atoms with Crippen LogP contribution in [-0.2, 0) is 11.4 Å². The predicted molar refractivity (Wildman–Crippen MR) is 39.6 cm³/mol. The molecule has 1 aromatic rings. The quantitative estimate of drug-likeness (QED) is 0.643. The molecule has 0 bridgehead atoms. The summed E-state index contributed by atoms with van der Waals surface area (Å²) in [6, 6.07) is -0.708. The van der Waals surface area contributed by atoms with Crippen molar-refractivity contribution in [3.63, 3.8) is 0 Å². The van der Waals surface area contributed by atoms with Gasteiger partial charge in [-0.25, -0.2) is 15.3 Å². The van der Waals surface area contributed by atoms with E-state index in [1.807, 2.05) is 10.9 Å². The van der Waals surface area contributed by atoms with E-state index in [0.29, 0.717) is 0 Å². The first-order valence-electron chi connectivity index (χ1n) is 2.83. The van der Waals surface area contributed by atoms with Gasteiger partial charge in [-0.2, -0.15) is 0 Å². The van der Waals surface area contributed by atoms with Gasteiger partial charge in [-0.1, -0.05) is 0 Å². The van der Waals surface area contributed by atoms with Crippen molar-refractivity contribution < 1.29 is 9.63 Å². The van der Waals surface area contributed by atoms with Crippen LogP contribution in [0.4, 0.5) is 4.79 Å². The summed E-state index contributed by atoms with van der Waals surface area (Å²) in [7, 11) is 0. The van der Waals surface area contributed by atoms with E-state index in [-0.39, 0.29) is 6.61 Å². The van der Waals surface area contributed by atoms with Crippen LogP contribution >= 0.6 is 11.3 Å². The van der Waals surface area contributed by atoms with Gasteiger partial charge >= 0.3 is 6.03 Å². The van der Waals surface area contributed by atoms with Gasteiger partial charge in [0.25, 0.3) is 0 Å². The van der Waals surface area contributed by atoms with Crippen molar-refractivity contribution in [3.05, 3.63) is 16.6 Å². The normalized spacial score (nSPS) is 9.45. The molecule has 0 aliphatic carbocycles. The molecule has 11 heavy (non-hydrogen) atoms. The van der Waals surface area contributed by atoms with E-state index in [0.717, 1.165) is 5.69 Å². The number of hydroxylamine groups is 1.